The van der Waals surface area contributed by atoms with Gasteiger partial charge in [0, 0.05) is 12.4 Å². The van der Waals surface area contributed by atoms with Gasteiger partial charge in [-0.05, 0) is 25.3 Å². The summed E-state index contributed by atoms with van der Waals surface area (Å²) in [5, 5.41) is 3.19. The Morgan fingerprint density at radius 1 is 1.21 bits per heavy atom. The third kappa shape index (κ3) is 4.72. The van der Waals surface area contributed by atoms with Crippen LogP contribution in [0.4, 0.5) is 4.79 Å². The van der Waals surface area contributed by atoms with Gasteiger partial charge in [0.15, 0.2) is 12.3 Å². The van der Waals surface area contributed by atoms with Crippen molar-refractivity contribution in [2.75, 3.05) is 6.61 Å². The monoisotopic (exact) mass is 397 g/mol. The fourth-order valence-electron chi connectivity index (χ4n) is 2.76. The van der Waals surface area contributed by atoms with Gasteiger partial charge in [-0.3, -0.25) is 20.0 Å². The van der Waals surface area contributed by atoms with E-state index in [9.17, 15) is 19.2 Å². The zero-order chi connectivity index (χ0) is 20.9. The van der Waals surface area contributed by atoms with Crippen molar-refractivity contribution in [2.45, 2.75) is 25.3 Å². The van der Waals surface area contributed by atoms with Gasteiger partial charge in [-0.1, -0.05) is 30.3 Å². The molecule has 0 radical (unpaired) electrons. The van der Waals surface area contributed by atoms with E-state index in [1.54, 1.807) is 6.92 Å². The molecule has 2 N–H and O–H groups in total. The third-order valence-corrected chi connectivity index (χ3v) is 4.36. The van der Waals surface area contributed by atoms with Crippen molar-refractivity contribution in [3.63, 3.8) is 0 Å². The van der Waals surface area contributed by atoms with E-state index in [1.165, 1.54) is 18.6 Å². The molecule has 0 spiro atoms. The first-order valence-corrected chi connectivity index (χ1v) is 8.82. The second kappa shape index (κ2) is 8.46. The Morgan fingerprint density at radius 2 is 1.97 bits per heavy atom. The molecule has 1 aliphatic heterocycles. The molecule has 0 bridgehead atoms. The van der Waals surface area contributed by atoms with E-state index in [2.05, 4.69) is 20.7 Å². The second-order valence-electron chi connectivity index (χ2n) is 6.59. The highest BCUT2D eigenvalue weighted by molar-refractivity contribution is 6.07. The van der Waals surface area contributed by atoms with Crippen molar-refractivity contribution in [3.8, 4) is 0 Å². The van der Waals surface area contributed by atoms with Crippen LogP contribution in [0.1, 0.15) is 29.4 Å². The summed E-state index contributed by atoms with van der Waals surface area (Å²) in [6, 6.07) is 8.77. The number of ether oxygens (including phenoxy) is 1. The number of imide groups is 1. The number of hydrogen-bond donors (Lipinski definition) is 2. The van der Waals surface area contributed by atoms with Gasteiger partial charge in [-0.15, -0.1) is 0 Å². The van der Waals surface area contributed by atoms with Crippen LogP contribution >= 0.6 is 0 Å². The van der Waals surface area contributed by atoms with E-state index < -0.39 is 36.0 Å². The highest BCUT2D eigenvalue weighted by atomic mass is 16.5. The zero-order valence-electron chi connectivity index (χ0n) is 15.6. The molecule has 2 heterocycles. The van der Waals surface area contributed by atoms with Crippen LogP contribution in [-0.4, -0.2) is 50.9 Å². The third-order valence-electron chi connectivity index (χ3n) is 4.36. The summed E-state index contributed by atoms with van der Waals surface area (Å²) in [5.74, 6) is -2.27. The van der Waals surface area contributed by atoms with Crippen LogP contribution in [0.2, 0.25) is 0 Å². The number of nitrogens with one attached hydrogen (secondary N) is 2. The summed E-state index contributed by atoms with van der Waals surface area (Å²) in [6.45, 7) is 0.906. The Bertz CT molecular complexity index is 921. The average Bonchev–Trinajstić information content (AvgIpc) is 2.95. The Kier molecular flexibility index (Phi) is 5.82. The Balaban J connectivity index is 1.53. The summed E-state index contributed by atoms with van der Waals surface area (Å²) in [6.07, 6.45) is 4.81. The molecular weight excluding hydrogens is 378 g/mol. The summed E-state index contributed by atoms with van der Waals surface area (Å²) in [5.41, 5.74) is 1.96. The Labute approximate surface area is 166 Å². The van der Waals surface area contributed by atoms with Crippen LogP contribution in [0.25, 0.3) is 0 Å². The van der Waals surface area contributed by atoms with Gasteiger partial charge >= 0.3 is 12.0 Å². The van der Waals surface area contributed by atoms with Gasteiger partial charge in [-0.2, -0.15) is 5.01 Å². The molecule has 1 fully saturated rings. The maximum absolute atomic E-state index is 12.7. The number of carbonyl (C=O) groups is 4. The number of urea groups is 1. The SMILES string of the molecule is C[C@]1(CCc2ccccc2)NC(=O)N(NC(=O)COC(=O)c2cnccn2)C1=O. The van der Waals surface area contributed by atoms with E-state index in [0.29, 0.717) is 17.9 Å². The van der Waals surface area contributed by atoms with Gasteiger partial charge in [0.25, 0.3) is 11.8 Å². The van der Waals surface area contributed by atoms with Crippen LogP contribution < -0.4 is 10.7 Å². The predicted octanol–water partition coefficient (Wildman–Crippen LogP) is 0.608. The molecule has 1 aliphatic rings. The lowest BCUT2D eigenvalue weighted by Crippen LogP contribution is -2.50. The van der Waals surface area contributed by atoms with Crippen molar-refractivity contribution in [1.82, 2.24) is 25.7 Å². The van der Waals surface area contributed by atoms with E-state index >= 15 is 0 Å². The summed E-state index contributed by atoms with van der Waals surface area (Å²) < 4.78 is 4.80. The molecule has 0 saturated carbocycles. The van der Waals surface area contributed by atoms with Crippen molar-refractivity contribution in [1.29, 1.82) is 0 Å². The topological polar surface area (TPSA) is 131 Å². The molecule has 10 nitrogen and oxygen atoms in total. The van der Waals surface area contributed by atoms with E-state index in [1.807, 2.05) is 30.3 Å². The first-order chi connectivity index (χ1) is 13.9. The highest BCUT2D eigenvalue weighted by Crippen LogP contribution is 2.22. The van der Waals surface area contributed by atoms with Gasteiger partial charge in [-0.25, -0.2) is 14.6 Å². The number of aryl methyl sites for hydroxylation is 1. The number of hydrazine groups is 1. The molecule has 4 amide bonds. The van der Waals surface area contributed by atoms with Crippen LogP contribution in [0.3, 0.4) is 0 Å². The molecule has 3 rings (SSSR count). The molecule has 0 aliphatic carbocycles. The van der Waals surface area contributed by atoms with Crippen molar-refractivity contribution >= 4 is 23.8 Å². The number of esters is 1. The fourth-order valence-corrected chi connectivity index (χ4v) is 2.76. The summed E-state index contributed by atoms with van der Waals surface area (Å²) >= 11 is 0. The van der Waals surface area contributed by atoms with Gasteiger partial charge in [0.2, 0.25) is 0 Å². The van der Waals surface area contributed by atoms with Gasteiger partial charge < -0.3 is 10.1 Å². The lowest BCUT2D eigenvalue weighted by atomic mass is 9.93. The standard InChI is InChI=1S/C19H19N5O5/c1-19(8-7-13-5-3-2-4-6-13)17(27)24(18(28)22-19)23-15(25)12-29-16(26)14-11-20-9-10-21-14/h2-6,9-11H,7-8,12H2,1H3,(H,22,28)(H,23,25)/t19-/m1/s1. The van der Waals surface area contributed by atoms with Gasteiger partial charge in [0.05, 0.1) is 6.20 Å². The molecule has 2 aromatic rings. The molecule has 29 heavy (non-hydrogen) atoms. The van der Waals surface area contributed by atoms with E-state index in [4.69, 9.17) is 4.74 Å². The molecule has 1 saturated heterocycles. The first-order valence-electron chi connectivity index (χ1n) is 8.82. The molecular formula is C19H19N5O5. The minimum absolute atomic E-state index is 0.0659. The smallest absolute Gasteiger partial charge is 0.359 e. The van der Waals surface area contributed by atoms with E-state index in [0.717, 1.165) is 5.56 Å². The molecule has 0 unspecified atom stereocenters. The molecule has 1 aromatic heterocycles. The van der Waals surface area contributed by atoms with Crippen molar-refractivity contribution in [3.05, 3.63) is 60.2 Å². The number of amides is 4. The van der Waals surface area contributed by atoms with Gasteiger partial charge in [0.1, 0.15) is 5.54 Å². The predicted molar refractivity (Wildman–Crippen MR) is 99.0 cm³/mol. The maximum Gasteiger partial charge on any atom is 0.359 e. The van der Waals surface area contributed by atoms with Crippen molar-refractivity contribution < 1.29 is 23.9 Å². The second-order valence-corrected chi connectivity index (χ2v) is 6.59. The number of rotatable bonds is 7. The van der Waals surface area contributed by atoms with Crippen LogP contribution in [0.5, 0.6) is 0 Å². The molecule has 1 atom stereocenters. The normalized spacial score (nSPS) is 18.3. The van der Waals surface area contributed by atoms with Crippen LogP contribution in [-0.2, 0) is 20.7 Å². The molecule has 10 heteroatoms. The average molecular weight is 397 g/mol. The lowest BCUT2D eigenvalue weighted by Gasteiger charge is -2.21. The zero-order valence-corrected chi connectivity index (χ0v) is 15.6. The molecule has 150 valence electrons. The summed E-state index contributed by atoms with van der Waals surface area (Å²) in [7, 11) is 0. The molecule has 1 aromatic carbocycles. The number of nitrogens with zero attached hydrogens (tertiary/aromatic N) is 3. The minimum Gasteiger partial charge on any atom is -0.451 e. The number of carbonyl (C=O) groups excluding carboxylic acids is 4. The Hall–Kier alpha value is -3.82. The fraction of sp³-hybridized carbons (Fsp3) is 0.263. The van der Waals surface area contributed by atoms with E-state index in [-0.39, 0.29) is 5.69 Å². The summed E-state index contributed by atoms with van der Waals surface area (Å²) in [4.78, 5) is 56.1. The maximum atomic E-state index is 12.7. The quantitative estimate of drug-likeness (QED) is 0.517. The lowest BCUT2D eigenvalue weighted by molar-refractivity contribution is -0.140. The highest BCUT2D eigenvalue weighted by Gasteiger charge is 2.48. The van der Waals surface area contributed by atoms with Crippen molar-refractivity contribution in [2.24, 2.45) is 0 Å². The van der Waals surface area contributed by atoms with Crippen LogP contribution in [0.15, 0.2) is 48.9 Å². The Morgan fingerprint density at radius 3 is 2.66 bits per heavy atom. The number of hydrogen-bond acceptors (Lipinski definition) is 7. The number of benzene rings is 1. The van der Waals surface area contributed by atoms with Crippen LogP contribution in [0, 0.1) is 0 Å². The minimum atomic E-state index is -1.16. The first kappa shape index (κ1) is 19.9. The number of aromatic nitrogens is 2. The largest absolute Gasteiger partial charge is 0.451 e.